The van der Waals surface area contributed by atoms with Gasteiger partial charge in [-0.25, -0.2) is 9.97 Å². The van der Waals surface area contributed by atoms with Crippen LogP contribution < -0.4 is 0 Å². The molecule has 1 aliphatic rings. The van der Waals surface area contributed by atoms with Crippen molar-refractivity contribution in [1.29, 1.82) is 0 Å². The molecule has 0 amide bonds. The van der Waals surface area contributed by atoms with Gasteiger partial charge in [-0.05, 0) is 119 Å². The molecule has 11 aromatic carbocycles. The minimum absolute atomic E-state index is 0.476. The van der Waals surface area contributed by atoms with Gasteiger partial charge in [-0.3, -0.25) is 0 Å². The van der Waals surface area contributed by atoms with Gasteiger partial charge in [-0.1, -0.05) is 261 Å². The van der Waals surface area contributed by atoms with Crippen molar-refractivity contribution in [2.45, 2.75) is 5.41 Å². The second-order valence-corrected chi connectivity index (χ2v) is 18.8. The Labute approximate surface area is 427 Å². The van der Waals surface area contributed by atoms with Gasteiger partial charge in [0.2, 0.25) is 0 Å². The second-order valence-electron chi connectivity index (χ2n) is 18.8. The van der Waals surface area contributed by atoms with E-state index in [0.717, 1.165) is 44.8 Å². The van der Waals surface area contributed by atoms with Crippen LogP contribution in [0.25, 0.3) is 101 Å². The molecule has 0 atom stereocenters. The maximum Gasteiger partial charge on any atom is 0.160 e. The number of aromatic nitrogens is 2. The largest absolute Gasteiger partial charge is 0.228 e. The van der Waals surface area contributed by atoms with E-state index in [-0.39, 0.29) is 0 Å². The molecule has 0 bridgehead atoms. The highest BCUT2D eigenvalue weighted by atomic mass is 14.9. The van der Waals surface area contributed by atoms with Crippen molar-refractivity contribution in [2.24, 2.45) is 0 Å². The van der Waals surface area contributed by atoms with E-state index in [9.17, 15) is 0 Å². The lowest BCUT2D eigenvalue weighted by molar-refractivity contribution is 0.768. The Morgan fingerprint density at radius 2 is 0.616 bits per heavy atom. The third-order valence-electron chi connectivity index (χ3n) is 14.6. The first kappa shape index (κ1) is 43.5. The van der Waals surface area contributed by atoms with Crippen LogP contribution in [0.4, 0.5) is 0 Å². The van der Waals surface area contributed by atoms with Crippen LogP contribution in [0.5, 0.6) is 0 Å². The van der Waals surface area contributed by atoms with E-state index in [1.165, 1.54) is 72.3 Å². The summed E-state index contributed by atoms with van der Waals surface area (Å²) in [5.41, 5.74) is 23.7. The van der Waals surface area contributed by atoms with E-state index >= 15 is 0 Å². The van der Waals surface area contributed by atoms with E-state index in [0.29, 0.717) is 5.82 Å². The molecule has 1 heterocycles. The van der Waals surface area contributed by atoms with Gasteiger partial charge in [0.15, 0.2) is 5.82 Å². The molecule has 0 saturated carbocycles. The van der Waals surface area contributed by atoms with Crippen LogP contribution >= 0.6 is 0 Å². The maximum absolute atomic E-state index is 5.11. The number of hydrogen-bond acceptors (Lipinski definition) is 2. The highest BCUT2D eigenvalue weighted by Gasteiger charge is 2.46. The zero-order valence-corrected chi connectivity index (χ0v) is 40.1. The smallest absolute Gasteiger partial charge is 0.160 e. The number of nitrogens with zero attached hydrogens (tertiary/aromatic N) is 2. The number of hydrogen-bond donors (Lipinski definition) is 0. The van der Waals surface area contributed by atoms with E-state index in [1.54, 1.807) is 0 Å². The molecule has 0 unspecified atom stereocenters. The number of benzene rings is 11. The molecule has 0 radical (unpaired) electrons. The van der Waals surface area contributed by atoms with Gasteiger partial charge in [0.1, 0.15) is 0 Å². The van der Waals surface area contributed by atoms with Crippen LogP contribution in [-0.2, 0) is 5.41 Å². The first-order chi connectivity index (χ1) is 36.2. The third kappa shape index (κ3) is 7.87. The zero-order chi connectivity index (χ0) is 48.6. The molecule has 12 aromatic rings. The molecular formula is C71H48N2. The summed E-state index contributed by atoms with van der Waals surface area (Å²) in [7, 11) is 0. The average Bonchev–Trinajstić information content (AvgIpc) is 3.78. The van der Waals surface area contributed by atoms with Crippen LogP contribution in [0.3, 0.4) is 0 Å². The lowest BCUT2D eigenvalue weighted by Gasteiger charge is -2.34. The fraction of sp³-hybridized carbons (Fsp3) is 0.0141. The summed E-state index contributed by atoms with van der Waals surface area (Å²) < 4.78 is 0. The summed E-state index contributed by atoms with van der Waals surface area (Å²) in [5, 5.41) is 0. The lowest BCUT2D eigenvalue weighted by atomic mass is 9.67. The molecule has 2 heteroatoms. The summed E-state index contributed by atoms with van der Waals surface area (Å²) in [6, 6.07) is 105. The first-order valence-electron chi connectivity index (χ1n) is 25.0. The molecule has 1 aromatic heterocycles. The van der Waals surface area contributed by atoms with Crippen molar-refractivity contribution in [2.75, 3.05) is 0 Å². The highest BCUT2D eigenvalue weighted by molar-refractivity contribution is 6.00. The predicted molar refractivity (Wildman–Crippen MR) is 303 cm³/mol. The molecule has 0 fully saturated rings. The molecule has 0 saturated heterocycles. The standard InChI is InChI=1S/C71H48N2/c1-7-22-49(23-8-1)58-46-62(56-31-21-30-55(44-56)50-38-40-52(41-39-50)68-48-67(51-24-9-2-10-25-51)72-70(73-68)54-28-13-4-14-29-54)69(53-26-11-3-12-27-53)63(47-58)57-42-43-66-64(45-57)61-36-19-20-37-65(61)71(66,59-32-15-5-16-33-59)60-34-17-6-18-35-60/h1-48H. The van der Waals surface area contributed by atoms with Crippen molar-refractivity contribution >= 4 is 0 Å². The topological polar surface area (TPSA) is 25.8 Å². The van der Waals surface area contributed by atoms with Crippen molar-refractivity contribution in [3.05, 3.63) is 313 Å². The van der Waals surface area contributed by atoms with Crippen molar-refractivity contribution in [3.63, 3.8) is 0 Å². The van der Waals surface area contributed by atoms with Gasteiger partial charge in [0.25, 0.3) is 0 Å². The summed E-state index contributed by atoms with van der Waals surface area (Å²) in [6.45, 7) is 0. The van der Waals surface area contributed by atoms with Crippen LogP contribution in [0.15, 0.2) is 291 Å². The van der Waals surface area contributed by atoms with Crippen molar-refractivity contribution < 1.29 is 0 Å². The van der Waals surface area contributed by atoms with Gasteiger partial charge >= 0.3 is 0 Å². The fourth-order valence-electron chi connectivity index (χ4n) is 11.2. The van der Waals surface area contributed by atoms with Gasteiger partial charge in [-0.15, -0.1) is 0 Å². The molecule has 0 spiro atoms. The van der Waals surface area contributed by atoms with Gasteiger partial charge in [-0.2, -0.15) is 0 Å². The molecular weight excluding hydrogens is 881 g/mol. The maximum atomic E-state index is 5.11. The summed E-state index contributed by atoms with van der Waals surface area (Å²) in [5.74, 6) is 0.706. The molecule has 0 N–H and O–H groups in total. The van der Waals surface area contributed by atoms with Crippen LogP contribution in [0, 0.1) is 0 Å². The fourth-order valence-corrected chi connectivity index (χ4v) is 11.2. The highest BCUT2D eigenvalue weighted by Crippen LogP contribution is 2.57. The van der Waals surface area contributed by atoms with Gasteiger partial charge in [0.05, 0.1) is 16.8 Å². The quantitative estimate of drug-likeness (QED) is 0.137. The monoisotopic (exact) mass is 928 g/mol. The lowest BCUT2D eigenvalue weighted by Crippen LogP contribution is -2.28. The molecule has 2 nitrogen and oxygen atoms in total. The molecule has 0 aliphatic heterocycles. The average molecular weight is 929 g/mol. The number of rotatable bonds is 10. The Morgan fingerprint density at radius 1 is 0.219 bits per heavy atom. The van der Waals surface area contributed by atoms with Crippen LogP contribution in [0.1, 0.15) is 22.3 Å². The van der Waals surface area contributed by atoms with E-state index in [4.69, 9.17) is 9.97 Å². The Balaban J connectivity index is 0.965. The number of fused-ring (bicyclic) bond motifs is 3. The normalized spacial score (nSPS) is 12.2. The molecule has 73 heavy (non-hydrogen) atoms. The van der Waals surface area contributed by atoms with E-state index in [1.807, 2.05) is 24.3 Å². The predicted octanol–water partition coefficient (Wildman–Crippen LogP) is 18.2. The molecule has 342 valence electrons. The third-order valence-corrected chi connectivity index (χ3v) is 14.6. The van der Waals surface area contributed by atoms with Gasteiger partial charge < -0.3 is 0 Å². The first-order valence-corrected chi connectivity index (χ1v) is 25.0. The Kier molecular flexibility index (Phi) is 11.1. The minimum atomic E-state index is -0.476. The summed E-state index contributed by atoms with van der Waals surface area (Å²) in [4.78, 5) is 10.1. The van der Waals surface area contributed by atoms with Gasteiger partial charge in [0, 0.05) is 16.7 Å². The molecule has 1 aliphatic carbocycles. The Morgan fingerprint density at radius 3 is 1.22 bits per heavy atom. The van der Waals surface area contributed by atoms with Crippen LogP contribution in [-0.4, -0.2) is 9.97 Å². The van der Waals surface area contributed by atoms with E-state index in [2.05, 4.69) is 267 Å². The summed E-state index contributed by atoms with van der Waals surface area (Å²) in [6.07, 6.45) is 0. The second kappa shape index (κ2) is 18.7. The summed E-state index contributed by atoms with van der Waals surface area (Å²) >= 11 is 0. The SMILES string of the molecule is c1ccc(-c2cc(-c3cccc(-c4ccc(-c5cc(-c6ccccc6)nc(-c6ccccc6)n5)cc4)c3)c(-c3ccccc3)c(-c3ccc4c(c3)-c3ccccc3C4(c3ccccc3)c3ccccc3)c2)cc1. The Bertz CT molecular complexity index is 3810. The Hall–Kier alpha value is -9.50. The molecule has 13 rings (SSSR count). The minimum Gasteiger partial charge on any atom is -0.228 e. The van der Waals surface area contributed by atoms with Crippen LogP contribution in [0.2, 0.25) is 0 Å². The van der Waals surface area contributed by atoms with Crippen molar-refractivity contribution in [1.82, 2.24) is 9.97 Å². The van der Waals surface area contributed by atoms with E-state index < -0.39 is 5.41 Å². The van der Waals surface area contributed by atoms with Crippen molar-refractivity contribution in [3.8, 4) is 101 Å². The zero-order valence-electron chi connectivity index (χ0n) is 40.1.